The fourth-order valence-electron chi connectivity index (χ4n) is 1.79. The van der Waals surface area contributed by atoms with Crippen LogP contribution in [-0.2, 0) is 9.84 Å². The van der Waals surface area contributed by atoms with Gasteiger partial charge in [-0.3, -0.25) is 0 Å². The third-order valence-corrected chi connectivity index (χ3v) is 4.15. The molecule has 0 atom stereocenters. The number of nitrogens with zero attached hydrogens (tertiary/aromatic N) is 2. The molecular weight excluding hydrogens is 345 g/mol. The van der Waals surface area contributed by atoms with Crippen LogP contribution in [0.25, 0.3) is 0 Å². The molecule has 2 aromatic carbocycles. The molecule has 0 amide bonds. The normalized spacial score (nSPS) is 10.2. The lowest BCUT2D eigenvalue weighted by Crippen LogP contribution is -1.98. The SMILES string of the molecule is CS(=O)(=O)c1ccc(Oc2ccc(NC=C(C#N)C#N)cc2)c(F)c1. The van der Waals surface area contributed by atoms with Crippen LogP contribution in [-0.4, -0.2) is 14.7 Å². The lowest BCUT2D eigenvalue weighted by atomic mass is 10.3. The van der Waals surface area contributed by atoms with Crippen molar-refractivity contribution in [1.29, 1.82) is 10.5 Å². The van der Waals surface area contributed by atoms with Crippen LogP contribution in [0.5, 0.6) is 11.5 Å². The van der Waals surface area contributed by atoms with Crippen molar-refractivity contribution in [2.45, 2.75) is 4.90 Å². The molecule has 0 heterocycles. The van der Waals surface area contributed by atoms with Crippen LogP contribution in [0.4, 0.5) is 10.1 Å². The largest absolute Gasteiger partial charge is 0.454 e. The van der Waals surface area contributed by atoms with Gasteiger partial charge in [0.15, 0.2) is 21.4 Å². The number of allylic oxidation sites excluding steroid dienone is 1. The summed E-state index contributed by atoms with van der Waals surface area (Å²) in [7, 11) is -3.49. The predicted octanol–water partition coefficient (Wildman–Crippen LogP) is 3.36. The molecule has 0 spiro atoms. The first-order chi connectivity index (χ1) is 11.8. The van der Waals surface area contributed by atoms with Crippen molar-refractivity contribution in [2.75, 3.05) is 11.6 Å². The molecule has 2 aromatic rings. The minimum absolute atomic E-state index is 0.0756. The topological polar surface area (TPSA) is 103 Å². The zero-order chi connectivity index (χ0) is 18.4. The number of nitriles is 2. The Labute approximate surface area is 144 Å². The molecule has 126 valence electrons. The van der Waals surface area contributed by atoms with Crippen molar-refractivity contribution < 1.29 is 17.5 Å². The smallest absolute Gasteiger partial charge is 0.175 e. The van der Waals surface area contributed by atoms with Gasteiger partial charge < -0.3 is 10.1 Å². The molecule has 2 rings (SSSR count). The van der Waals surface area contributed by atoms with E-state index in [2.05, 4.69) is 5.32 Å². The van der Waals surface area contributed by atoms with Crippen molar-refractivity contribution in [3.8, 4) is 23.6 Å². The van der Waals surface area contributed by atoms with Crippen molar-refractivity contribution in [1.82, 2.24) is 0 Å². The molecule has 0 saturated heterocycles. The monoisotopic (exact) mass is 357 g/mol. The molecule has 0 bridgehead atoms. The summed E-state index contributed by atoms with van der Waals surface area (Å²) in [6.07, 6.45) is 2.26. The van der Waals surface area contributed by atoms with E-state index >= 15 is 0 Å². The van der Waals surface area contributed by atoms with E-state index in [0.717, 1.165) is 12.3 Å². The number of anilines is 1. The van der Waals surface area contributed by atoms with Crippen LogP contribution in [0, 0.1) is 28.5 Å². The van der Waals surface area contributed by atoms with E-state index in [0.29, 0.717) is 11.4 Å². The van der Waals surface area contributed by atoms with E-state index in [9.17, 15) is 12.8 Å². The van der Waals surface area contributed by atoms with Gasteiger partial charge in [-0.15, -0.1) is 0 Å². The van der Waals surface area contributed by atoms with Crippen molar-refractivity contribution in [2.24, 2.45) is 0 Å². The molecule has 25 heavy (non-hydrogen) atoms. The van der Waals surface area contributed by atoms with Gasteiger partial charge in [0.05, 0.1) is 4.90 Å². The highest BCUT2D eigenvalue weighted by molar-refractivity contribution is 7.90. The Bertz CT molecular complexity index is 985. The first-order valence-corrected chi connectivity index (χ1v) is 8.77. The fraction of sp³-hybridized carbons (Fsp3) is 0.0588. The summed E-state index contributed by atoms with van der Waals surface area (Å²) in [5, 5.41) is 20.0. The maximum atomic E-state index is 14.0. The van der Waals surface area contributed by atoms with Gasteiger partial charge >= 0.3 is 0 Å². The second-order valence-electron chi connectivity index (χ2n) is 4.92. The quantitative estimate of drug-likeness (QED) is 0.823. The third-order valence-electron chi connectivity index (χ3n) is 3.04. The Kier molecular flexibility index (Phi) is 5.38. The average Bonchev–Trinajstić information content (AvgIpc) is 2.58. The number of ether oxygens (including phenoxy) is 1. The number of halogens is 1. The van der Waals surface area contributed by atoms with Crippen molar-refractivity contribution >= 4 is 15.5 Å². The summed E-state index contributed by atoms with van der Waals surface area (Å²) in [6.45, 7) is 0. The molecule has 0 fully saturated rings. The summed E-state index contributed by atoms with van der Waals surface area (Å²) >= 11 is 0. The molecule has 0 unspecified atom stereocenters. The van der Waals surface area contributed by atoms with Gasteiger partial charge in [-0.25, -0.2) is 12.8 Å². The van der Waals surface area contributed by atoms with Gasteiger partial charge in [0, 0.05) is 18.1 Å². The number of nitrogens with one attached hydrogen (secondary N) is 1. The highest BCUT2D eigenvalue weighted by Gasteiger charge is 2.12. The Hall–Kier alpha value is -3.36. The summed E-state index contributed by atoms with van der Waals surface area (Å²) < 4.78 is 42.1. The molecule has 6 nitrogen and oxygen atoms in total. The van der Waals surface area contributed by atoms with E-state index in [1.54, 1.807) is 36.4 Å². The second-order valence-corrected chi connectivity index (χ2v) is 6.93. The zero-order valence-electron chi connectivity index (χ0n) is 13.0. The van der Waals surface area contributed by atoms with E-state index in [4.69, 9.17) is 15.3 Å². The summed E-state index contributed by atoms with van der Waals surface area (Å²) in [6, 6.07) is 13.2. The Balaban J connectivity index is 2.13. The minimum atomic E-state index is -3.49. The summed E-state index contributed by atoms with van der Waals surface area (Å²) in [5.41, 5.74) is 0.525. The van der Waals surface area contributed by atoms with Gasteiger partial charge in [-0.05, 0) is 42.5 Å². The first kappa shape index (κ1) is 18.0. The Morgan fingerprint density at radius 1 is 1.16 bits per heavy atom. The van der Waals surface area contributed by atoms with Crippen LogP contribution >= 0.6 is 0 Å². The molecule has 8 heteroatoms. The molecule has 0 aliphatic carbocycles. The highest BCUT2D eigenvalue weighted by atomic mass is 32.2. The highest BCUT2D eigenvalue weighted by Crippen LogP contribution is 2.27. The molecule has 0 aromatic heterocycles. The summed E-state index contributed by atoms with van der Waals surface area (Å²) in [4.78, 5) is -0.130. The lowest BCUT2D eigenvalue weighted by Gasteiger charge is -2.09. The number of rotatable bonds is 5. The van der Waals surface area contributed by atoms with E-state index in [1.807, 2.05) is 0 Å². The molecular formula is C17H12FN3O3S. The maximum Gasteiger partial charge on any atom is 0.175 e. The standard InChI is InChI=1S/C17H12FN3O3S/c1-25(22,23)15-6-7-17(16(18)8-15)24-14-4-2-13(3-5-14)21-11-12(9-19)10-20/h2-8,11,21H,1H3. The zero-order valence-corrected chi connectivity index (χ0v) is 13.8. The van der Waals surface area contributed by atoms with Crippen LogP contribution < -0.4 is 10.1 Å². The second kappa shape index (κ2) is 7.47. The van der Waals surface area contributed by atoms with Crippen LogP contribution in [0.3, 0.4) is 0 Å². The Morgan fingerprint density at radius 3 is 2.32 bits per heavy atom. The van der Waals surface area contributed by atoms with E-state index in [1.165, 1.54) is 18.3 Å². The lowest BCUT2D eigenvalue weighted by molar-refractivity contribution is 0.441. The number of benzene rings is 2. The van der Waals surface area contributed by atoms with Crippen LogP contribution in [0.2, 0.25) is 0 Å². The maximum absolute atomic E-state index is 14.0. The van der Waals surface area contributed by atoms with Gasteiger partial charge in [-0.1, -0.05) is 0 Å². The number of hydrogen-bond acceptors (Lipinski definition) is 6. The molecule has 1 N–H and O–H groups in total. The van der Waals surface area contributed by atoms with Gasteiger partial charge in [0.25, 0.3) is 0 Å². The van der Waals surface area contributed by atoms with Crippen LogP contribution in [0.15, 0.2) is 59.1 Å². The van der Waals surface area contributed by atoms with Gasteiger partial charge in [-0.2, -0.15) is 10.5 Å². The number of sulfone groups is 1. The first-order valence-electron chi connectivity index (χ1n) is 6.88. The van der Waals surface area contributed by atoms with Crippen molar-refractivity contribution in [3.63, 3.8) is 0 Å². The molecule has 0 saturated carbocycles. The molecule has 0 aliphatic heterocycles. The summed E-state index contributed by atoms with van der Waals surface area (Å²) in [5.74, 6) is -0.564. The molecule has 0 radical (unpaired) electrons. The van der Waals surface area contributed by atoms with E-state index in [-0.39, 0.29) is 16.2 Å². The van der Waals surface area contributed by atoms with Crippen LogP contribution in [0.1, 0.15) is 0 Å². The minimum Gasteiger partial charge on any atom is -0.454 e. The van der Waals surface area contributed by atoms with E-state index < -0.39 is 15.7 Å². The van der Waals surface area contributed by atoms with Crippen molar-refractivity contribution in [3.05, 3.63) is 60.1 Å². The molecule has 0 aliphatic rings. The predicted molar refractivity (Wildman–Crippen MR) is 89.0 cm³/mol. The fourth-order valence-corrected chi connectivity index (χ4v) is 2.42. The average molecular weight is 357 g/mol. The van der Waals surface area contributed by atoms with Gasteiger partial charge in [0.2, 0.25) is 0 Å². The van der Waals surface area contributed by atoms with Gasteiger partial charge in [0.1, 0.15) is 23.5 Å². The third kappa shape index (κ3) is 4.80. The number of hydrogen-bond donors (Lipinski definition) is 1. The Morgan fingerprint density at radius 2 is 1.80 bits per heavy atom.